The Morgan fingerprint density at radius 2 is 0.783 bits per heavy atom. The van der Waals surface area contributed by atoms with Crippen LogP contribution in [-0.2, 0) is 0 Å². The standard InChI is InChI=1S/C57H38N2O/c1-3-43-44(4-2)56(40-30-33-53-50(36-40)46-25-16-17-27-52(46)58(53)41-20-10-6-11-21-41)51-35-38(28-31-47(51)55(43)37-18-8-5-9-19-37)39-29-32-54-49(34-39)45-24-14-15-26-48(45)57(60)59(54)42-22-12-7-13-23-42/h3-36H,1-2H2. The van der Waals surface area contributed by atoms with Crippen molar-refractivity contribution in [3.8, 4) is 44.8 Å². The van der Waals surface area contributed by atoms with Gasteiger partial charge in [0.05, 0.1) is 16.6 Å². The van der Waals surface area contributed by atoms with Crippen molar-refractivity contribution in [3.05, 3.63) is 229 Å². The normalized spacial score (nSPS) is 11.5. The van der Waals surface area contributed by atoms with Crippen LogP contribution in [0.4, 0.5) is 0 Å². The fourth-order valence-corrected chi connectivity index (χ4v) is 9.44. The summed E-state index contributed by atoms with van der Waals surface area (Å²) in [5, 5.41) is 7.29. The van der Waals surface area contributed by atoms with Crippen molar-refractivity contribution in [1.82, 2.24) is 9.13 Å². The van der Waals surface area contributed by atoms with Crippen LogP contribution in [-0.4, -0.2) is 9.13 Å². The van der Waals surface area contributed by atoms with Crippen molar-refractivity contribution in [2.24, 2.45) is 0 Å². The first-order valence-electron chi connectivity index (χ1n) is 20.3. The lowest BCUT2D eigenvalue weighted by molar-refractivity contribution is 1.06. The molecule has 0 aliphatic rings. The third kappa shape index (κ3) is 5.40. The van der Waals surface area contributed by atoms with Gasteiger partial charge in [-0.2, -0.15) is 0 Å². The molecule has 0 saturated heterocycles. The largest absolute Gasteiger partial charge is 0.309 e. The van der Waals surface area contributed by atoms with Gasteiger partial charge in [-0.3, -0.25) is 9.36 Å². The molecule has 0 N–H and O–H groups in total. The fraction of sp³-hybridized carbons (Fsp3) is 0. The number of hydrogen-bond acceptors (Lipinski definition) is 1. The molecule has 0 atom stereocenters. The molecule has 0 spiro atoms. The summed E-state index contributed by atoms with van der Waals surface area (Å²) in [7, 11) is 0. The average molecular weight is 767 g/mol. The smallest absolute Gasteiger partial charge is 0.263 e. The van der Waals surface area contributed by atoms with Crippen molar-refractivity contribution in [1.29, 1.82) is 0 Å². The second-order valence-corrected chi connectivity index (χ2v) is 15.3. The van der Waals surface area contributed by atoms with Gasteiger partial charge in [0.1, 0.15) is 0 Å². The van der Waals surface area contributed by atoms with Crippen LogP contribution in [0.15, 0.2) is 212 Å². The van der Waals surface area contributed by atoms with Gasteiger partial charge in [0.2, 0.25) is 0 Å². The van der Waals surface area contributed by atoms with E-state index in [4.69, 9.17) is 0 Å². The lowest BCUT2D eigenvalue weighted by Gasteiger charge is -2.21. The lowest BCUT2D eigenvalue weighted by Crippen LogP contribution is -2.19. The Morgan fingerprint density at radius 3 is 1.45 bits per heavy atom. The minimum atomic E-state index is -0.0281. The Morgan fingerprint density at radius 1 is 0.333 bits per heavy atom. The Bertz CT molecular complexity index is 3580. The minimum Gasteiger partial charge on any atom is -0.309 e. The number of benzene rings is 9. The number of hydrogen-bond donors (Lipinski definition) is 0. The monoisotopic (exact) mass is 766 g/mol. The van der Waals surface area contributed by atoms with Gasteiger partial charge < -0.3 is 4.57 Å². The average Bonchev–Trinajstić information content (AvgIpc) is 3.65. The van der Waals surface area contributed by atoms with E-state index in [1.807, 2.05) is 65.3 Å². The SMILES string of the molecule is C=Cc1c(C=C)c(-c2ccc3c(c2)c2ccccc2n3-c2ccccc2)c2cc(-c3ccc4c(c3)c3ccccc3c(=O)n4-c3ccccc3)ccc2c1-c1ccccc1. The summed E-state index contributed by atoms with van der Waals surface area (Å²) in [6.07, 6.45) is 3.98. The first kappa shape index (κ1) is 35.2. The number of para-hydroxylation sites is 3. The van der Waals surface area contributed by atoms with Crippen LogP contribution in [0.5, 0.6) is 0 Å². The third-order valence-corrected chi connectivity index (χ3v) is 12.1. The van der Waals surface area contributed by atoms with Crippen LogP contribution in [0.25, 0.3) is 111 Å². The molecule has 9 aromatic carbocycles. The molecule has 2 heterocycles. The number of rotatable bonds is 7. The molecular formula is C57H38N2O. The molecule has 0 aliphatic carbocycles. The predicted molar refractivity (Wildman–Crippen MR) is 255 cm³/mol. The molecule has 0 aliphatic heterocycles. The van der Waals surface area contributed by atoms with Crippen molar-refractivity contribution in [2.75, 3.05) is 0 Å². The highest BCUT2D eigenvalue weighted by molar-refractivity contribution is 6.16. The maximum Gasteiger partial charge on any atom is 0.263 e. The summed E-state index contributed by atoms with van der Waals surface area (Å²) in [5.41, 5.74) is 13.8. The van der Waals surface area contributed by atoms with E-state index < -0.39 is 0 Å². The highest BCUT2D eigenvalue weighted by Crippen LogP contribution is 2.46. The van der Waals surface area contributed by atoms with Gasteiger partial charge in [-0.05, 0) is 127 Å². The van der Waals surface area contributed by atoms with Crippen LogP contribution in [0.3, 0.4) is 0 Å². The van der Waals surface area contributed by atoms with Crippen LogP contribution >= 0.6 is 0 Å². The lowest BCUT2D eigenvalue weighted by atomic mass is 9.82. The van der Waals surface area contributed by atoms with E-state index in [1.54, 1.807) is 0 Å². The summed E-state index contributed by atoms with van der Waals surface area (Å²) in [4.78, 5) is 14.1. The van der Waals surface area contributed by atoms with Crippen molar-refractivity contribution in [3.63, 3.8) is 0 Å². The molecule has 0 fully saturated rings. The van der Waals surface area contributed by atoms with E-state index in [0.717, 1.165) is 88.5 Å². The van der Waals surface area contributed by atoms with E-state index in [-0.39, 0.29) is 5.56 Å². The van der Waals surface area contributed by atoms with Gasteiger partial charge in [-0.25, -0.2) is 0 Å². The van der Waals surface area contributed by atoms with E-state index in [1.165, 1.54) is 16.3 Å². The Balaban J connectivity index is 1.21. The molecule has 282 valence electrons. The van der Waals surface area contributed by atoms with Gasteiger partial charge in [-0.15, -0.1) is 0 Å². The molecule has 3 nitrogen and oxygen atoms in total. The summed E-state index contributed by atoms with van der Waals surface area (Å²) in [5.74, 6) is 0. The van der Waals surface area contributed by atoms with Crippen molar-refractivity contribution >= 4 is 66.4 Å². The molecule has 0 bridgehead atoms. The number of nitrogens with zero attached hydrogens (tertiary/aromatic N) is 2. The topological polar surface area (TPSA) is 26.9 Å². The summed E-state index contributed by atoms with van der Waals surface area (Å²) >= 11 is 0. The fourth-order valence-electron chi connectivity index (χ4n) is 9.44. The van der Waals surface area contributed by atoms with Crippen molar-refractivity contribution < 1.29 is 0 Å². The zero-order valence-corrected chi connectivity index (χ0v) is 32.8. The van der Waals surface area contributed by atoms with E-state index in [0.29, 0.717) is 5.39 Å². The maximum atomic E-state index is 14.1. The maximum absolute atomic E-state index is 14.1. The van der Waals surface area contributed by atoms with E-state index in [9.17, 15) is 4.79 Å². The number of aromatic nitrogens is 2. The summed E-state index contributed by atoms with van der Waals surface area (Å²) in [6, 6.07) is 67.9. The molecule has 0 saturated carbocycles. The molecule has 11 aromatic rings. The quantitative estimate of drug-likeness (QED) is 0.148. The molecule has 2 aromatic heterocycles. The number of fused-ring (bicyclic) bond motifs is 7. The van der Waals surface area contributed by atoms with Crippen LogP contribution in [0, 0.1) is 0 Å². The van der Waals surface area contributed by atoms with Gasteiger partial charge in [-0.1, -0.05) is 153 Å². The molecule has 11 rings (SSSR count). The third-order valence-electron chi connectivity index (χ3n) is 12.1. The van der Waals surface area contributed by atoms with Crippen LogP contribution in [0.2, 0.25) is 0 Å². The highest BCUT2D eigenvalue weighted by atomic mass is 16.1. The second-order valence-electron chi connectivity index (χ2n) is 15.3. The Hall–Kier alpha value is -8.01. The summed E-state index contributed by atoms with van der Waals surface area (Å²) < 4.78 is 4.19. The molecule has 0 radical (unpaired) electrons. The number of pyridine rings is 1. The Labute approximate surface area is 347 Å². The minimum absolute atomic E-state index is 0.0281. The van der Waals surface area contributed by atoms with Crippen LogP contribution in [0.1, 0.15) is 11.1 Å². The van der Waals surface area contributed by atoms with E-state index in [2.05, 4.69) is 163 Å². The highest BCUT2D eigenvalue weighted by Gasteiger charge is 2.22. The molecule has 60 heavy (non-hydrogen) atoms. The van der Waals surface area contributed by atoms with Gasteiger partial charge in [0.25, 0.3) is 5.56 Å². The molecule has 3 heteroatoms. The van der Waals surface area contributed by atoms with Gasteiger partial charge in [0.15, 0.2) is 0 Å². The first-order valence-corrected chi connectivity index (χ1v) is 20.3. The molecule has 0 amide bonds. The molecular weight excluding hydrogens is 729 g/mol. The first-order chi connectivity index (χ1) is 29.6. The van der Waals surface area contributed by atoms with E-state index >= 15 is 0 Å². The predicted octanol–water partition coefficient (Wildman–Crippen LogP) is 14.7. The van der Waals surface area contributed by atoms with Crippen molar-refractivity contribution in [2.45, 2.75) is 0 Å². The Kier molecular flexibility index (Phi) is 8.28. The van der Waals surface area contributed by atoms with Gasteiger partial charge in [0, 0.05) is 32.9 Å². The zero-order chi connectivity index (χ0) is 40.3. The zero-order valence-electron chi connectivity index (χ0n) is 32.8. The molecule has 0 unspecified atom stereocenters. The van der Waals surface area contributed by atoms with Gasteiger partial charge >= 0.3 is 0 Å². The summed E-state index contributed by atoms with van der Waals surface area (Å²) in [6.45, 7) is 8.80. The second kappa shape index (κ2) is 14.1. The van der Waals surface area contributed by atoms with Crippen LogP contribution < -0.4 is 5.56 Å².